The highest BCUT2D eigenvalue weighted by Crippen LogP contribution is 2.32. The van der Waals surface area contributed by atoms with Crippen molar-refractivity contribution in [3.8, 4) is 5.75 Å². The number of hydrogen-bond donors (Lipinski definition) is 2. The molecule has 4 rings (SSSR count). The minimum Gasteiger partial charge on any atom is -0.494 e. The van der Waals surface area contributed by atoms with Crippen LogP contribution in [0.4, 0.5) is 5.69 Å². The minimum atomic E-state index is -0.912. The SMILES string of the molecule is CN1C(=O)CC(C)(c2cc(NC(=O)c3ccc(OCC4CC=CO4)cn3)ccn2)N=C1N. The van der Waals surface area contributed by atoms with Gasteiger partial charge in [0.15, 0.2) is 5.96 Å². The molecule has 3 N–H and O–H groups in total. The molecule has 0 aromatic carbocycles. The van der Waals surface area contributed by atoms with Gasteiger partial charge in [0.25, 0.3) is 5.91 Å². The zero-order valence-corrected chi connectivity index (χ0v) is 17.8. The normalized spacial score (nSPS) is 22.3. The molecule has 2 aliphatic heterocycles. The Morgan fingerprint density at radius 1 is 1.38 bits per heavy atom. The van der Waals surface area contributed by atoms with Crippen LogP contribution in [0.5, 0.6) is 5.75 Å². The molecule has 32 heavy (non-hydrogen) atoms. The number of rotatable bonds is 6. The smallest absolute Gasteiger partial charge is 0.274 e. The summed E-state index contributed by atoms with van der Waals surface area (Å²) in [6.07, 6.45) is 7.59. The van der Waals surface area contributed by atoms with Crippen molar-refractivity contribution in [3.05, 3.63) is 60.4 Å². The number of aliphatic imine (C=N–C) groups is 1. The van der Waals surface area contributed by atoms with Crippen LogP contribution in [0.2, 0.25) is 0 Å². The van der Waals surface area contributed by atoms with Gasteiger partial charge < -0.3 is 20.5 Å². The van der Waals surface area contributed by atoms with Crippen molar-refractivity contribution in [1.29, 1.82) is 0 Å². The fourth-order valence-electron chi connectivity index (χ4n) is 3.38. The number of anilines is 1. The van der Waals surface area contributed by atoms with E-state index in [2.05, 4.69) is 20.3 Å². The molecule has 0 radical (unpaired) electrons. The third-order valence-corrected chi connectivity index (χ3v) is 5.32. The van der Waals surface area contributed by atoms with Crippen LogP contribution in [0.15, 0.2) is 54.0 Å². The number of aromatic nitrogens is 2. The molecule has 0 spiro atoms. The first-order valence-electron chi connectivity index (χ1n) is 10.1. The second-order valence-electron chi connectivity index (χ2n) is 7.81. The van der Waals surface area contributed by atoms with Crippen LogP contribution < -0.4 is 15.8 Å². The maximum atomic E-state index is 12.6. The summed E-state index contributed by atoms with van der Waals surface area (Å²) in [5.74, 6) is 0.143. The molecular formula is C22H24N6O4. The predicted octanol–water partition coefficient (Wildman–Crippen LogP) is 1.80. The van der Waals surface area contributed by atoms with Gasteiger partial charge in [0, 0.05) is 25.4 Å². The Morgan fingerprint density at radius 2 is 2.22 bits per heavy atom. The molecule has 0 saturated heterocycles. The molecule has 2 aromatic heterocycles. The molecule has 0 bridgehead atoms. The van der Waals surface area contributed by atoms with E-state index in [-0.39, 0.29) is 36.0 Å². The molecule has 2 aromatic rings. The molecule has 0 aliphatic carbocycles. The van der Waals surface area contributed by atoms with Gasteiger partial charge in [-0.2, -0.15) is 0 Å². The van der Waals surface area contributed by atoms with Crippen LogP contribution >= 0.6 is 0 Å². The summed E-state index contributed by atoms with van der Waals surface area (Å²) in [7, 11) is 1.58. The van der Waals surface area contributed by atoms with Crippen LogP contribution in [-0.4, -0.2) is 52.4 Å². The van der Waals surface area contributed by atoms with Crippen molar-refractivity contribution in [2.45, 2.75) is 31.4 Å². The summed E-state index contributed by atoms with van der Waals surface area (Å²) >= 11 is 0. The lowest BCUT2D eigenvalue weighted by atomic mass is 9.91. The number of ether oxygens (including phenoxy) is 2. The molecule has 10 nitrogen and oxygen atoms in total. The van der Waals surface area contributed by atoms with Gasteiger partial charge in [0.2, 0.25) is 5.91 Å². The average molecular weight is 436 g/mol. The van der Waals surface area contributed by atoms with Crippen LogP contribution in [0.25, 0.3) is 0 Å². The van der Waals surface area contributed by atoms with Crippen LogP contribution in [0.3, 0.4) is 0 Å². The Hall–Kier alpha value is -3.95. The second-order valence-corrected chi connectivity index (χ2v) is 7.81. The summed E-state index contributed by atoms with van der Waals surface area (Å²) in [4.78, 5) is 39.1. The van der Waals surface area contributed by atoms with Crippen molar-refractivity contribution in [3.63, 3.8) is 0 Å². The summed E-state index contributed by atoms with van der Waals surface area (Å²) in [5, 5.41) is 2.80. The van der Waals surface area contributed by atoms with Gasteiger partial charge in [-0.05, 0) is 37.3 Å². The van der Waals surface area contributed by atoms with Crippen LogP contribution in [0, 0.1) is 0 Å². The molecule has 166 valence electrons. The van der Waals surface area contributed by atoms with E-state index >= 15 is 0 Å². The lowest BCUT2D eigenvalue weighted by Gasteiger charge is -2.32. The fraction of sp³-hybridized carbons (Fsp3) is 0.318. The van der Waals surface area contributed by atoms with E-state index in [1.807, 2.05) is 6.08 Å². The van der Waals surface area contributed by atoms with Gasteiger partial charge in [-0.15, -0.1) is 0 Å². The van der Waals surface area contributed by atoms with E-state index in [9.17, 15) is 9.59 Å². The van der Waals surface area contributed by atoms with Crippen molar-refractivity contribution in [2.75, 3.05) is 19.0 Å². The number of carbonyl (C=O) groups excluding carboxylic acids is 2. The summed E-state index contributed by atoms with van der Waals surface area (Å²) in [6.45, 7) is 2.19. The van der Waals surface area contributed by atoms with E-state index < -0.39 is 5.54 Å². The zero-order valence-electron chi connectivity index (χ0n) is 17.8. The van der Waals surface area contributed by atoms with Crippen molar-refractivity contribution >= 4 is 23.5 Å². The lowest BCUT2D eigenvalue weighted by Crippen LogP contribution is -2.47. The van der Waals surface area contributed by atoms with Crippen LogP contribution in [0.1, 0.15) is 35.9 Å². The lowest BCUT2D eigenvalue weighted by molar-refractivity contribution is -0.128. The third kappa shape index (κ3) is 4.53. The summed E-state index contributed by atoms with van der Waals surface area (Å²) < 4.78 is 11.0. The van der Waals surface area contributed by atoms with E-state index in [1.54, 1.807) is 50.7 Å². The average Bonchev–Trinajstić information content (AvgIpc) is 3.30. The number of hydrogen-bond acceptors (Lipinski definition) is 8. The molecule has 0 saturated carbocycles. The number of nitrogens with two attached hydrogens (primary N) is 1. The summed E-state index contributed by atoms with van der Waals surface area (Å²) in [5.41, 5.74) is 6.23. The third-order valence-electron chi connectivity index (χ3n) is 5.32. The highest BCUT2D eigenvalue weighted by atomic mass is 16.5. The number of pyridine rings is 2. The number of nitrogens with one attached hydrogen (secondary N) is 1. The van der Waals surface area contributed by atoms with Gasteiger partial charge in [-0.3, -0.25) is 19.5 Å². The van der Waals surface area contributed by atoms with Crippen molar-refractivity contribution in [2.24, 2.45) is 10.7 Å². The molecule has 2 atom stereocenters. The first kappa shape index (κ1) is 21.3. The fourth-order valence-corrected chi connectivity index (χ4v) is 3.38. The number of guanidine groups is 1. The van der Waals surface area contributed by atoms with Crippen molar-refractivity contribution in [1.82, 2.24) is 14.9 Å². The second kappa shape index (κ2) is 8.66. The Balaban J connectivity index is 1.42. The van der Waals surface area contributed by atoms with E-state index in [1.165, 1.54) is 11.1 Å². The highest BCUT2D eigenvalue weighted by Gasteiger charge is 2.37. The van der Waals surface area contributed by atoms with Gasteiger partial charge in [0.05, 0.1) is 24.6 Å². The van der Waals surface area contributed by atoms with Crippen LogP contribution in [-0.2, 0) is 15.1 Å². The van der Waals surface area contributed by atoms with Gasteiger partial charge >= 0.3 is 0 Å². The quantitative estimate of drug-likeness (QED) is 0.706. The molecule has 2 amide bonds. The van der Waals surface area contributed by atoms with Gasteiger partial charge in [0.1, 0.15) is 29.7 Å². The Labute approximate surface area is 185 Å². The van der Waals surface area contributed by atoms with E-state index in [0.29, 0.717) is 23.7 Å². The number of carbonyl (C=O) groups is 2. The first-order valence-corrected chi connectivity index (χ1v) is 10.1. The number of amides is 2. The molecular weight excluding hydrogens is 412 g/mol. The summed E-state index contributed by atoms with van der Waals surface area (Å²) in [6, 6.07) is 6.61. The van der Waals surface area contributed by atoms with Gasteiger partial charge in [-0.1, -0.05) is 0 Å². The zero-order chi connectivity index (χ0) is 22.7. The molecule has 10 heteroatoms. The highest BCUT2D eigenvalue weighted by molar-refractivity contribution is 6.03. The van der Waals surface area contributed by atoms with E-state index in [4.69, 9.17) is 15.2 Å². The maximum absolute atomic E-state index is 12.6. The molecule has 0 fully saturated rings. The monoisotopic (exact) mass is 436 g/mol. The number of nitrogens with zero attached hydrogens (tertiary/aromatic N) is 4. The molecule has 4 heterocycles. The topological polar surface area (TPSA) is 132 Å². The van der Waals surface area contributed by atoms with E-state index in [0.717, 1.165) is 6.42 Å². The molecule has 2 unspecified atom stereocenters. The Morgan fingerprint density at radius 3 is 2.91 bits per heavy atom. The Bertz CT molecular complexity index is 1080. The standard InChI is InChI=1S/C22H24N6O4/c1-22(11-19(29)28(2)21(23)27-22)18-10-14(7-8-24-18)26-20(30)17-6-5-15(12-25-17)32-13-16-4-3-9-31-16/h3,5-10,12,16H,4,11,13H2,1-2H3,(H2,23,27)(H,24,26,30). The van der Waals surface area contributed by atoms with Gasteiger partial charge in [-0.25, -0.2) is 9.98 Å². The predicted molar refractivity (Wildman–Crippen MR) is 117 cm³/mol. The largest absolute Gasteiger partial charge is 0.494 e. The Kier molecular flexibility index (Phi) is 5.76. The van der Waals surface area contributed by atoms with Crippen molar-refractivity contribution < 1.29 is 19.1 Å². The minimum absolute atomic E-state index is 0.000243. The maximum Gasteiger partial charge on any atom is 0.274 e. The molecule has 2 aliphatic rings. The first-order chi connectivity index (χ1) is 15.3.